The summed E-state index contributed by atoms with van der Waals surface area (Å²) < 4.78 is 0.736. The van der Waals surface area contributed by atoms with Crippen molar-refractivity contribution in [2.45, 2.75) is 18.9 Å². The minimum absolute atomic E-state index is 0.0739. The number of rotatable bonds is 4. The van der Waals surface area contributed by atoms with Crippen LogP contribution in [-0.2, 0) is 0 Å². The van der Waals surface area contributed by atoms with Crippen molar-refractivity contribution in [1.29, 1.82) is 0 Å². The van der Waals surface area contributed by atoms with Crippen LogP contribution in [0, 0.1) is 24.7 Å². The van der Waals surface area contributed by atoms with Crippen LogP contribution < -0.4 is 5.32 Å². The van der Waals surface area contributed by atoms with Crippen LogP contribution in [0.1, 0.15) is 12.8 Å². The maximum Gasteiger partial charge on any atom is 0.206 e. The molecule has 1 heterocycles. The molecular formula is C9H8BrN3S. The number of aromatic nitrogens is 2. The Morgan fingerprint density at radius 1 is 1.36 bits per heavy atom. The number of hydrogen-bond donors (Lipinski definition) is 1. The number of hydrogen-bond acceptors (Lipinski definition) is 4. The third-order valence-electron chi connectivity index (χ3n) is 1.46. The third kappa shape index (κ3) is 3.37. The molecule has 3 nitrogen and oxygen atoms in total. The number of nitrogens with zero attached hydrogens (tertiary/aromatic N) is 2. The second-order valence-electron chi connectivity index (χ2n) is 2.52. The van der Waals surface area contributed by atoms with Crippen LogP contribution >= 0.6 is 27.3 Å². The Morgan fingerprint density at radius 2 is 2.00 bits per heavy atom. The van der Waals surface area contributed by atoms with Gasteiger partial charge in [-0.15, -0.1) is 34.9 Å². The van der Waals surface area contributed by atoms with Crippen LogP contribution in [-0.4, -0.2) is 16.2 Å². The van der Waals surface area contributed by atoms with Gasteiger partial charge in [0.25, 0.3) is 0 Å². The second kappa shape index (κ2) is 5.64. The van der Waals surface area contributed by atoms with Crippen molar-refractivity contribution < 1.29 is 0 Å². The topological polar surface area (TPSA) is 37.8 Å². The van der Waals surface area contributed by atoms with Crippen molar-refractivity contribution in [3.8, 4) is 24.7 Å². The molecule has 0 aromatic carbocycles. The SMILES string of the molecule is C#CCC(CC#C)Nc1nnc(Br)s1. The van der Waals surface area contributed by atoms with Crippen molar-refractivity contribution in [3.05, 3.63) is 3.92 Å². The Bertz CT molecular complexity index is 358. The zero-order chi connectivity index (χ0) is 10.4. The van der Waals surface area contributed by atoms with Crippen LogP contribution in [0.15, 0.2) is 3.92 Å². The first kappa shape index (κ1) is 11.0. The molecule has 0 amide bonds. The normalized spacial score (nSPS) is 9.43. The molecule has 0 unspecified atom stereocenters. The van der Waals surface area contributed by atoms with E-state index in [9.17, 15) is 0 Å². The van der Waals surface area contributed by atoms with Gasteiger partial charge in [0.1, 0.15) is 0 Å². The van der Waals surface area contributed by atoms with Crippen molar-refractivity contribution in [1.82, 2.24) is 10.2 Å². The molecule has 0 aliphatic heterocycles. The van der Waals surface area contributed by atoms with Gasteiger partial charge in [0.05, 0.1) is 6.04 Å². The first-order valence-corrected chi connectivity index (χ1v) is 5.49. The Hall–Kier alpha value is -1.04. The van der Waals surface area contributed by atoms with Gasteiger partial charge >= 0.3 is 0 Å². The minimum atomic E-state index is 0.0739. The van der Waals surface area contributed by atoms with Gasteiger partial charge in [-0.2, -0.15) is 0 Å². The summed E-state index contributed by atoms with van der Waals surface area (Å²) in [6.45, 7) is 0. The molecule has 72 valence electrons. The molecular weight excluding hydrogens is 262 g/mol. The molecule has 0 atom stereocenters. The summed E-state index contributed by atoms with van der Waals surface area (Å²) in [5.41, 5.74) is 0. The molecule has 0 spiro atoms. The molecule has 5 heteroatoms. The quantitative estimate of drug-likeness (QED) is 0.852. The second-order valence-corrected chi connectivity index (χ2v) is 4.77. The molecule has 0 fully saturated rings. The Kier molecular flexibility index (Phi) is 4.45. The summed E-state index contributed by atoms with van der Waals surface area (Å²) in [7, 11) is 0. The van der Waals surface area contributed by atoms with Gasteiger partial charge in [-0.05, 0) is 15.9 Å². The lowest BCUT2D eigenvalue weighted by molar-refractivity contribution is 0.765. The number of anilines is 1. The first-order valence-electron chi connectivity index (χ1n) is 3.88. The van der Waals surface area contributed by atoms with E-state index in [0.717, 1.165) is 9.05 Å². The molecule has 0 saturated carbocycles. The zero-order valence-corrected chi connectivity index (χ0v) is 9.73. The van der Waals surface area contributed by atoms with E-state index in [1.54, 1.807) is 0 Å². The van der Waals surface area contributed by atoms with Crippen molar-refractivity contribution in [2.75, 3.05) is 5.32 Å². The largest absolute Gasteiger partial charge is 0.355 e. The minimum Gasteiger partial charge on any atom is -0.355 e. The Balaban J connectivity index is 2.56. The van der Waals surface area contributed by atoms with E-state index in [2.05, 4.69) is 43.3 Å². The molecule has 14 heavy (non-hydrogen) atoms. The average molecular weight is 270 g/mol. The molecule has 0 radical (unpaired) electrons. The maximum absolute atomic E-state index is 5.22. The highest BCUT2D eigenvalue weighted by atomic mass is 79.9. The van der Waals surface area contributed by atoms with E-state index in [0.29, 0.717) is 12.8 Å². The fourth-order valence-electron chi connectivity index (χ4n) is 0.897. The smallest absolute Gasteiger partial charge is 0.206 e. The molecule has 1 aromatic rings. The van der Waals surface area contributed by atoms with Gasteiger partial charge in [-0.25, -0.2) is 0 Å². The molecule has 0 aliphatic rings. The maximum atomic E-state index is 5.22. The van der Waals surface area contributed by atoms with Crippen LogP contribution in [0.2, 0.25) is 0 Å². The van der Waals surface area contributed by atoms with Crippen LogP contribution in [0.3, 0.4) is 0 Å². The van der Waals surface area contributed by atoms with Crippen molar-refractivity contribution in [3.63, 3.8) is 0 Å². The van der Waals surface area contributed by atoms with Gasteiger partial charge in [0.2, 0.25) is 5.13 Å². The zero-order valence-electron chi connectivity index (χ0n) is 7.33. The summed E-state index contributed by atoms with van der Waals surface area (Å²) in [5, 5.41) is 11.6. The highest BCUT2D eigenvalue weighted by Gasteiger charge is 2.08. The third-order valence-corrected chi connectivity index (χ3v) is 2.74. The first-order chi connectivity index (χ1) is 6.76. The molecule has 0 aliphatic carbocycles. The predicted octanol–water partition coefficient (Wildman–Crippen LogP) is 2.13. The molecule has 1 N–H and O–H groups in total. The predicted molar refractivity (Wildman–Crippen MR) is 61.9 cm³/mol. The van der Waals surface area contributed by atoms with E-state index >= 15 is 0 Å². The summed E-state index contributed by atoms with van der Waals surface area (Å²) >= 11 is 4.64. The summed E-state index contributed by atoms with van der Waals surface area (Å²) in [6.07, 6.45) is 11.6. The number of halogens is 1. The summed E-state index contributed by atoms with van der Waals surface area (Å²) in [6, 6.07) is 0.0739. The summed E-state index contributed by atoms with van der Waals surface area (Å²) in [4.78, 5) is 0. The Labute approximate surface area is 95.4 Å². The van der Waals surface area contributed by atoms with E-state index in [1.807, 2.05) is 0 Å². The lowest BCUT2D eigenvalue weighted by atomic mass is 10.1. The van der Waals surface area contributed by atoms with Crippen LogP contribution in [0.5, 0.6) is 0 Å². The fraction of sp³-hybridized carbons (Fsp3) is 0.333. The van der Waals surface area contributed by atoms with E-state index in [-0.39, 0.29) is 6.04 Å². The molecule has 0 bridgehead atoms. The van der Waals surface area contributed by atoms with Crippen LogP contribution in [0.25, 0.3) is 0 Å². The standard InChI is InChI=1S/C9H8BrN3S/c1-3-5-7(6-4-2)11-9-13-12-8(10)14-9/h1-2,7H,5-6H2,(H,11,13). The van der Waals surface area contributed by atoms with Crippen LogP contribution in [0.4, 0.5) is 5.13 Å². The van der Waals surface area contributed by atoms with Gasteiger partial charge in [0.15, 0.2) is 3.92 Å². The van der Waals surface area contributed by atoms with Gasteiger partial charge < -0.3 is 5.32 Å². The molecule has 0 saturated heterocycles. The molecule has 1 rings (SSSR count). The van der Waals surface area contributed by atoms with E-state index < -0.39 is 0 Å². The molecule has 1 aromatic heterocycles. The van der Waals surface area contributed by atoms with E-state index in [4.69, 9.17) is 12.8 Å². The van der Waals surface area contributed by atoms with Gasteiger partial charge in [-0.3, -0.25) is 0 Å². The summed E-state index contributed by atoms with van der Waals surface area (Å²) in [5.74, 6) is 5.13. The van der Waals surface area contributed by atoms with Gasteiger partial charge in [-0.1, -0.05) is 11.3 Å². The lowest BCUT2D eigenvalue weighted by Crippen LogP contribution is -2.17. The number of terminal acetylenes is 2. The van der Waals surface area contributed by atoms with Crippen molar-refractivity contribution >= 4 is 32.4 Å². The van der Waals surface area contributed by atoms with Crippen molar-refractivity contribution in [2.24, 2.45) is 0 Å². The van der Waals surface area contributed by atoms with E-state index in [1.165, 1.54) is 11.3 Å². The number of nitrogens with one attached hydrogen (secondary N) is 1. The highest BCUT2D eigenvalue weighted by molar-refractivity contribution is 9.11. The highest BCUT2D eigenvalue weighted by Crippen LogP contribution is 2.21. The fourth-order valence-corrected chi connectivity index (χ4v) is 1.98. The van der Waals surface area contributed by atoms with Gasteiger partial charge in [0, 0.05) is 12.8 Å². The Morgan fingerprint density at radius 3 is 2.43 bits per heavy atom. The average Bonchev–Trinajstić information content (AvgIpc) is 2.52. The lowest BCUT2D eigenvalue weighted by Gasteiger charge is -2.11. The monoisotopic (exact) mass is 269 g/mol.